The molecule has 24 heavy (non-hydrogen) atoms. The van der Waals surface area contributed by atoms with E-state index < -0.39 is 5.60 Å². The third kappa shape index (κ3) is 4.29. The van der Waals surface area contributed by atoms with Crippen LogP contribution in [0.2, 0.25) is 0 Å². The summed E-state index contributed by atoms with van der Waals surface area (Å²) in [5, 5.41) is 0. The molecular formula is C20H30N2O2. The van der Waals surface area contributed by atoms with E-state index >= 15 is 0 Å². The molecule has 0 aromatic heterocycles. The van der Waals surface area contributed by atoms with Crippen molar-refractivity contribution in [2.24, 2.45) is 0 Å². The highest BCUT2D eigenvalue weighted by atomic mass is 16.6. The molecule has 132 valence electrons. The Morgan fingerprint density at radius 3 is 2.54 bits per heavy atom. The number of fused-ring (bicyclic) bond motifs is 2. The third-order valence-corrected chi connectivity index (χ3v) is 5.04. The number of carbonyl (C=O) groups excluding carboxylic acids is 1. The van der Waals surface area contributed by atoms with Gasteiger partial charge in [-0.05, 0) is 45.6 Å². The highest BCUT2D eigenvalue weighted by Gasteiger charge is 2.37. The van der Waals surface area contributed by atoms with Gasteiger partial charge >= 0.3 is 6.09 Å². The van der Waals surface area contributed by atoms with Crippen LogP contribution in [0.5, 0.6) is 0 Å². The number of hydrogen-bond acceptors (Lipinski definition) is 3. The Labute approximate surface area is 145 Å². The minimum absolute atomic E-state index is 0.158. The quantitative estimate of drug-likeness (QED) is 0.820. The maximum atomic E-state index is 12.5. The van der Waals surface area contributed by atoms with Crippen LogP contribution in [-0.2, 0) is 11.3 Å². The molecule has 0 radical (unpaired) electrons. The number of benzene rings is 1. The van der Waals surface area contributed by atoms with Gasteiger partial charge in [0.05, 0.1) is 0 Å². The van der Waals surface area contributed by atoms with Crippen LogP contribution in [0.25, 0.3) is 0 Å². The van der Waals surface area contributed by atoms with Crippen LogP contribution >= 0.6 is 0 Å². The second kappa shape index (κ2) is 7.14. The van der Waals surface area contributed by atoms with Gasteiger partial charge in [-0.25, -0.2) is 4.79 Å². The van der Waals surface area contributed by atoms with E-state index in [1.54, 1.807) is 0 Å². The third-order valence-electron chi connectivity index (χ3n) is 5.04. The van der Waals surface area contributed by atoms with E-state index in [1.807, 2.05) is 25.7 Å². The number of amides is 1. The summed E-state index contributed by atoms with van der Waals surface area (Å²) in [4.78, 5) is 17.1. The van der Waals surface area contributed by atoms with Crippen LogP contribution in [0, 0.1) is 0 Å². The van der Waals surface area contributed by atoms with Gasteiger partial charge in [-0.3, -0.25) is 4.90 Å². The Morgan fingerprint density at radius 1 is 1.12 bits per heavy atom. The smallest absolute Gasteiger partial charge is 0.410 e. The molecule has 0 N–H and O–H groups in total. The van der Waals surface area contributed by atoms with Crippen LogP contribution < -0.4 is 0 Å². The monoisotopic (exact) mass is 330 g/mol. The summed E-state index contributed by atoms with van der Waals surface area (Å²) in [6, 6.07) is 11.7. The maximum Gasteiger partial charge on any atom is 0.410 e. The maximum absolute atomic E-state index is 12.5. The van der Waals surface area contributed by atoms with Gasteiger partial charge in [0.25, 0.3) is 0 Å². The van der Waals surface area contributed by atoms with Crippen LogP contribution in [0.15, 0.2) is 30.3 Å². The summed E-state index contributed by atoms with van der Waals surface area (Å²) in [6.45, 7) is 8.38. The fourth-order valence-corrected chi connectivity index (χ4v) is 3.92. The lowest BCUT2D eigenvalue weighted by Crippen LogP contribution is -2.48. The normalized spacial score (nSPS) is 25.2. The Morgan fingerprint density at radius 2 is 1.83 bits per heavy atom. The van der Waals surface area contributed by atoms with Crippen molar-refractivity contribution in [1.29, 1.82) is 0 Å². The molecule has 2 unspecified atom stereocenters. The summed E-state index contributed by atoms with van der Waals surface area (Å²) in [5.74, 6) is 0. The molecule has 2 heterocycles. The van der Waals surface area contributed by atoms with Crippen molar-refractivity contribution in [1.82, 2.24) is 9.80 Å². The average molecular weight is 330 g/mol. The number of rotatable bonds is 2. The second-order valence-corrected chi connectivity index (χ2v) is 8.11. The van der Waals surface area contributed by atoms with Crippen molar-refractivity contribution in [2.45, 2.75) is 70.7 Å². The van der Waals surface area contributed by atoms with E-state index in [2.05, 4.69) is 35.2 Å². The van der Waals surface area contributed by atoms with E-state index in [0.717, 1.165) is 26.1 Å². The molecule has 0 spiro atoms. The van der Waals surface area contributed by atoms with Crippen molar-refractivity contribution >= 4 is 6.09 Å². The molecule has 2 atom stereocenters. The van der Waals surface area contributed by atoms with E-state index in [9.17, 15) is 4.79 Å². The minimum atomic E-state index is -0.428. The van der Waals surface area contributed by atoms with Gasteiger partial charge in [0, 0.05) is 31.7 Å². The molecule has 4 heteroatoms. The zero-order valence-corrected chi connectivity index (χ0v) is 15.2. The van der Waals surface area contributed by atoms with E-state index in [0.29, 0.717) is 12.1 Å². The van der Waals surface area contributed by atoms with Gasteiger partial charge < -0.3 is 9.64 Å². The lowest BCUT2D eigenvalue weighted by molar-refractivity contribution is 0.0208. The SMILES string of the molecule is CC(C)(C)OC(=O)N1CCC2CCCC(C1)N2Cc1ccccc1. The Hall–Kier alpha value is -1.55. The highest BCUT2D eigenvalue weighted by molar-refractivity contribution is 5.68. The summed E-state index contributed by atoms with van der Waals surface area (Å²) < 4.78 is 5.60. The fraction of sp³-hybridized carbons (Fsp3) is 0.650. The first-order chi connectivity index (χ1) is 11.4. The van der Waals surface area contributed by atoms with Crippen LogP contribution in [0.4, 0.5) is 4.79 Å². The lowest BCUT2D eigenvalue weighted by atomic mass is 9.94. The molecule has 1 aromatic rings. The first-order valence-corrected chi connectivity index (χ1v) is 9.20. The first-order valence-electron chi connectivity index (χ1n) is 9.20. The van der Waals surface area contributed by atoms with Crippen molar-refractivity contribution in [3.63, 3.8) is 0 Å². The van der Waals surface area contributed by atoms with Crippen molar-refractivity contribution in [3.8, 4) is 0 Å². The van der Waals surface area contributed by atoms with Crippen molar-refractivity contribution in [2.75, 3.05) is 13.1 Å². The standard InChI is InChI=1S/C20H30N2O2/c1-20(2,3)24-19(23)21-13-12-17-10-7-11-18(15-21)22(17)14-16-8-5-4-6-9-16/h4-6,8-9,17-18H,7,10-15H2,1-3H3. The fourth-order valence-electron chi connectivity index (χ4n) is 3.92. The lowest BCUT2D eigenvalue weighted by Gasteiger charge is -2.40. The van der Waals surface area contributed by atoms with Crippen LogP contribution in [-0.4, -0.2) is 46.7 Å². The van der Waals surface area contributed by atoms with Gasteiger partial charge in [-0.15, -0.1) is 0 Å². The minimum Gasteiger partial charge on any atom is -0.444 e. The average Bonchev–Trinajstić information content (AvgIpc) is 2.62. The van der Waals surface area contributed by atoms with E-state index in [-0.39, 0.29) is 6.09 Å². The van der Waals surface area contributed by atoms with Crippen LogP contribution in [0.1, 0.15) is 52.0 Å². The molecule has 2 aliphatic heterocycles. The molecule has 1 aromatic carbocycles. The van der Waals surface area contributed by atoms with E-state index in [1.165, 1.54) is 24.8 Å². The van der Waals surface area contributed by atoms with Gasteiger partial charge in [0.1, 0.15) is 5.60 Å². The second-order valence-electron chi connectivity index (χ2n) is 8.11. The van der Waals surface area contributed by atoms with Gasteiger partial charge in [0.15, 0.2) is 0 Å². The molecule has 2 bridgehead atoms. The zero-order valence-electron chi connectivity index (χ0n) is 15.2. The molecule has 1 amide bonds. The largest absolute Gasteiger partial charge is 0.444 e. The molecule has 2 fully saturated rings. The molecule has 0 aliphatic carbocycles. The number of piperidine rings is 1. The molecule has 2 saturated heterocycles. The summed E-state index contributed by atoms with van der Waals surface area (Å²) in [6.07, 6.45) is 4.56. The highest BCUT2D eigenvalue weighted by Crippen LogP contribution is 2.30. The van der Waals surface area contributed by atoms with Crippen LogP contribution in [0.3, 0.4) is 0 Å². The molecule has 0 saturated carbocycles. The molecule has 4 nitrogen and oxygen atoms in total. The number of nitrogens with zero attached hydrogens (tertiary/aromatic N) is 2. The number of ether oxygens (including phenoxy) is 1. The Balaban J connectivity index is 1.71. The van der Waals surface area contributed by atoms with Gasteiger partial charge in [-0.2, -0.15) is 0 Å². The first kappa shape index (κ1) is 17.3. The van der Waals surface area contributed by atoms with Crippen molar-refractivity contribution in [3.05, 3.63) is 35.9 Å². The topological polar surface area (TPSA) is 32.8 Å². The van der Waals surface area contributed by atoms with Gasteiger partial charge in [0.2, 0.25) is 0 Å². The summed E-state index contributed by atoms with van der Waals surface area (Å²) in [7, 11) is 0. The number of carbonyl (C=O) groups is 1. The zero-order chi connectivity index (χ0) is 17.2. The molecule has 2 aliphatic rings. The van der Waals surface area contributed by atoms with Crippen molar-refractivity contribution < 1.29 is 9.53 Å². The summed E-state index contributed by atoms with van der Waals surface area (Å²) >= 11 is 0. The predicted octanol–water partition coefficient (Wildman–Crippen LogP) is 4.05. The number of hydrogen-bond donors (Lipinski definition) is 0. The Kier molecular flexibility index (Phi) is 5.14. The molecular weight excluding hydrogens is 300 g/mol. The molecule has 3 rings (SSSR count). The van der Waals surface area contributed by atoms with E-state index in [4.69, 9.17) is 4.74 Å². The Bertz CT molecular complexity index is 553. The van der Waals surface area contributed by atoms with Gasteiger partial charge in [-0.1, -0.05) is 36.8 Å². The summed E-state index contributed by atoms with van der Waals surface area (Å²) in [5.41, 5.74) is 0.933. The predicted molar refractivity (Wildman–Crippen MR) is 95.8 cm³/mol.